The number of carbonyl (C=O) groups excluding carboxylic acids is 1. The van der Waals surface area contributed by atoms with E-state index in [-0.39, 0.29) is 11.6 Å². The highest BCUT2D eigenvalue weighted by Crippen LogP contribution is 2.27. The minimum Gasteiger partial charge on any atom is -0.405 e. The van der Waals surface area contributed by atoms with Crippen molar-refractivity contribution in [3.05, 3.63) is 29.8 Å². The second kappa shape index (κ2) is 5.70. The van der Waals surface area contributed by atoms with E-state index in [0.29, 0.717) is 6.54 Å². The zero-order valence-corrected chi connectivity index (χ0v) is 10.9. The van der Waals surface area contributed by atoms with E-state index in [2.05, 4.69) is 10.1 Å². The monoisotopic (exact) mass is 288 g/mol. The van der Waals surface area contributed by atoms with Gasteiger partial charge in [0.2, 0.25) is 0 Å². The van der Waals surface area contributed by atoms with Crippen molar-refractivity contribution in [3.8, 4) is 5.75 Å². The summed E-state index contributed by atoms with van der Waals surface area (Å²) in [5.74, 6) is -0.943. The number of amides is 1. The number of hydrogen-bond donors (Lipinski definition) is 1. The summed E-state index contributed by atoms with van der Waals surface area (Å²) in [7, 11) is 1.59. The number of carbonyl (C=O) groups is 1. The Morgan fingerprint density at radius 2 is 2.10 bits per heavy atom. The lowest BCUT2D eigenvalue weighted by Gasteiger charge is -2.24. The highest BCUT2D eigenvalue weighted by atomic mass is 19.4. The SMILES string of the molecule is CN(C(=O)c1ccccc1OC(F)(F)F)C1CCNC1. The first-order valence-corrected chi connectivity index (χ1v) is 6.21. The Morgan fingerprint density at radius 3 is 2.70 bits per heavy atom. The summed E-state index contributed by atoms with van der Waals surface area (Å²) in [5, 5.41) is 3.11. The van der Waals surface area contributed by atoms with Gasteiger partial charge >= 0.3 is 6.36 Å². The maximum Gasteiger partial charge on any atom is 0.573 e. The van der Waals surface area contributed by atoms with E-state index in [1.807, 2.05) is 0 Å². The predicted molar refractivity (Wildman–Crippen MR) is 66.5 cm³/mol. The topological polar surface area (TPSA) is 41.6 Å². The van der Waals surface area contributed by atoms with Crippen molar-refractivity contribution in [1.82, 2.24) is 10.2 Å². The molecule has 1 unspecified atom stereocenters. The molecular weight excluding hydrogens is 273 g/mol. The zero-order chi connectivity index (χ0) is 14.8. The van der Waals surface area contributed by atoms with Crippen LogP contribution in [0.2, 0.25) is 0 Å². The van der Waals surface area contributed by atoms with Crippen molar-refractivity contribution in [1.29, 1.82) is 0 Å². The summed E-state index contributed by atoms with van der Waals surface area (Å²) in [6.07, 6.45) is -4.03. The van der Waals surface area contributed by atoms with Crippen LogP contribution in [-0.4, -0.2) is 43.3 Å². The average molecular weight is 288 g/mol. The van der Waals surface area contributed by atoms with Crippen molar-refractivity contribution < 1.29 is 22.7 Å². The molecule has 1 aromatic rings. The van der Waals surface area contributed by atoms with Crippen molar-refractivity contribution in [2.75, 3.05) is 20.1 Å². The molecule has 1 saturated heterocycles. The van der Waals surface area contributed by atoms with Crippen LogP contribution in [0.3, 0.4) is 0 Å². The molecule has 7 heteroatoms. The summed E-state index contributed by atoms with van der Waals surface area (Å²) in [5.41, 5.74) is -0.0841. The standard InChI is InChI=1S/C13H15F3N2O2/c1-18(9-6-7-17-8-9)12(19)10-4-2-3-5-11(10)20-13(14,15)16/h2-5,9,17H,6-8H2,1H3. The Balaban J connectivity index is 2.20. The van der Waals surface area contributed by atoms with Gasteiger partial charge in [-0.2, -0.15) is 0 Å². The fraction of sp³-hybridized carbons (Fsp3) is 0.462. The summed E-state index contributed by atoms with van der Waals surface area (Å²) < 4.78 is 40.9. The van der Waals surface area contributed by atoms with E-state index in [0.717, 1.165) is 19.0 Å². The number of ether oxygens (including phenoxy) is 1. The normalized spacial score (nSPS) is 18.9. The molecule has 1 heterocycles. The van der Waals surface area contributed by atoms with Gasteiger partial charge in [0.1, 0.15) is 5.75 Å². The van der Waals surface area contributed by atoms with Crippen LogP contribution in [0.15, 0.2) is 24.3 Å². The third kappa shape index (κ3) is 3.41. The minimum absolute atomic E-state index is 0.0126. The Labute approximate surface area is 114 Å². The second-order valence-corrected chi connectivity index (χ2v) is 4.61. The molecule has 2 rings (SSSR count). The zero-order valence-electron chi connectivity index (χ0n) is 10.9. The third-order valence-electron chi connectivity index (χ3n) is 3.25. The predicted octanol–water partition coefficient (Wildman–Crippen LogP) is 2.02. The van der Waals surface area contributed by atoms with Crippen LogP contribution in [-0.2, 0) is 0 Å². The number of likely N-dealkylation sites (N-methyl/N-ethyl adjacent to an activating group) is 1. The number of rotatable bonds is 3. The van der Waals surface area contributed by atoms with Gasteiger partial charge in [-0.3, -0.25) is 4.79 Å². The van der Waals surface area contributed by atoms with Gasteiger partial charge in [0.15, 0.2) is 0 Å². The average Bonchev–Trinajstić information content (AvgIpc) is 2.89. The van der Waals surface area contributed by atoms with Gasteiger partial charge in [-0.25, -0.2) is 0 Å². The van der Waals surface area contributed by atoms with Crippen LogP contribution in [0.5, 0.6) is 5.75 Å². The summed E-state index contributed by atoms with van der Waals surface area (Å²) in [6.45, 7) is 1.44. The Bertz CT molecular complexity index is 485. The Hall–Kier alpha value is -1.76. The van der Waals surface area contributed by atoms with Crippen molar-refractivity contribution >= 4 is 5.91 Å². The minimum atomic E-state index is -4.82. The molecule has 0 aromatic heterocycles. The molecule has 1 atom stereocenters. The van der Waals surface area contributed by atoms with Gasteiger partial charge in [0.05, 0.1) is 5.56 Å². The number of para-hydroxylation sites is 1. The first-order chi connectivity index (χ1) is 9.38. The highest BCUT2D eigenvalue weighted by molar-refractivity contribution is 5.97. The molecule has 4 nitrogen and oxygen atoms in total. The molecule has 0 saturated carbocycles. The smallest absolute Gasteiger partial charge is 0.405 e. The molecule has 110 valence electrons. The lowest BCUT2D eigenvalue weighted by Crippen LogP contribution is -2.38. The van der Waals surface area contributed by atoms with E-state index in [1.54, 1.807) is 7.05 Å². The van der Waals surface area contributed by atoms with Gasteiger partial charge in [0.25, 0.3) is 5.91 Å². The van der Waals surface area contributed by atoms with Crippen LogP contribution >= 0.6 is 0 Å². The Morgan fingerprint density at radius 1 is 1.40 bits per heavy atom. The molecule has 1 aliphatic heterocycles. The summed E-state index contributed by atoms with van der Waals surface area (Å²) >= 11 is 0. The number of hydrogen-bond acceptors (Lipinski definition) is 3. The summed E-state index contributed by atoms with van der Waals surface area (Å²) in [4.78, 5) is 13.7. The molecule has 1 amide bonds. The summed E-state index contributed by atoms with van der Waals surface area (Å²) in [6, 6.07) is 5.37. The second-order valence-electron chi connectivity index (χ2n) is 4.61. The maximum atomic E-state index is 12.3. The number of halogens is 3. The molecule has 0 aliphatic carbocycles. The number of nitrogens with zero attached hydrogens (tertiary/aromatic N) is 1. The lowest BCUT2D eigenvalue weighted by atomic mass is 10.1. The maximum absolute atomic E-state index is 12.3. The van der Waals surface area contributed by atoms with Crippen LogP contribution in [0.4, 0.5) is 13.2 Å². The first-order valence-electron chi connectivity index (χ1n) is 6.21. The largest absolute Gasteiger partial charge is 0.573 e. The number of benzene rings is 1. The molecule has 20 heavy (non-hydrogen) atoms. The van der Waals surface area contributed by atoms with E-state index in [1.165, 1.54) is 23.1 Å². The van der Waals surface area contributed by atoms with E-state index < -0.39 is 18.0 Å². The number of alkyl halides is 3. The molecule has 0 spiro atoms. The van der Waals surface area contributed by atoms with Gasteiger partial charge < -0.3 is 15.0 Å². The highest BCUT2D eigenvalue weighted by Gasteiger charge is 2.34. The fourth-order valence-electron chi connectivity index (χ4n) is 2.18. The van der Waals surface area contributed by atoms with Gasteiger partial charge in [0, 0.05) is 19.6 Å². The molecule has 1 aliphatic rings. The van der Waals surface area contributed by atoms with Crippen LogP contribution < -0.4 is 10.1 Å². The fourth-order valence-corrected chi connectivity index (χ4v) is 2.18. The molecule has 0 bridgehead atoms. The van der Waals surface area contributed by atoms with Crippen molar-refractivity contribution in [2.24, 2.45) is 0 Å². The van der Waals surface area contributed by atoms with Crippen LogP contribution in [0.25, 0.3) is 0 Å². The quantitative estimate of drug-likeness (QED) is 0.925. The molecule has 1 N–H and O–H groups in total. The first kappa shape index (κ1) is 14.6. The van der Waals surface area contributed by atoms with E-state index in [9.17, 15) is 18.0 Å². The van der Waals surface area contributed by atoms with Crippen molar-refractivity contribution in [3.63, 3.8) is 0 Å². The van der Waals surface area contributed by atoms with E-state index >= 15 is 0 Å². The molecular formula is C13H15F3N2O2. The lowest BCUT2D eigenvalue weighted by molar-refractivity contribution is -0.274. The third-order valence-corrected chi connectivity index (χ3v) is 3.25. The number of nitrogens with one attached hydrogen (secondary N) is 1. The molecule has 0 radical (unpaired) electrons. The van der Waals surface area contributed by atoms with Gasteiger partial charge in [-0.1, -0.05) is 12.1 Å². The van der Waals surface area contributed by atoms with E-state index in [4.69, 9.17) is 0 Å². The van der Waals surface area contributed by atoms with Gasteiger partial charge in [-0.15, -0.1) is 13.2 Å². The van der Waals surface area contributed by atoms with Crippen LogP contribution in [0, 0.1) is 0 Å². The van der Waals surface area contributed by atoms with Crippen LogP contribution in [0.1, 0.15) is 16.8 Å². The molecule has 1 fully saturated rings. The molecule has 1 aromatic carbocycles. The van der Waals surface area contributed by atoms with Crippen molar-refractivity contribution in [2.45, 2.75) is 18.8 Å². The Kier molecular flexibility index (Phi) is 4.17. The van der Waals surface area contributed by atoms with Gasteiger partial charge in [-0.05, 0) is 25.1 Å².